The first kappa shape index (κ1) is 38.9. The molecule has 0 amide bonds. The fourth-order valence-corrected chi connectivity index (χ4v) is 3.82. The average molecular weight is 513 g/mol. The van der Waals surface area contributed by atoms with Crippen LogP contribution in [0.15, 0.2) is 15.0 Å². The lowest BCUT2D eigenvalue weighted by atomic mass is 9.89. The van der Waals surface area contributed by atoms with Crippen LogP contribution in [0.1, 0.15) is 173 Å². The van der Waals surface area contributed by atoms with Gasteiger partial charge in [0.15, 0.2) is 0 Å². The molecule has 0 bridgehead atoms. The summed E-state index contributed by atoms with van der Waals surface area (Å²) in [6.45, 7) is 26.1. The predicted octanol–water partition coefficient (Wildman–Crippen LogP) is 11.1. The molecule has 5 nitrogen and oxygen atoms in total. The monoisotopic (exact) mass is 513 g/mol. The molecule has 2 aromatic rings. The molecular weight excluding hydrogens is 446 g/mol. The van der Waals surface area contributed by atoms with E-state index in [-0.39, 0.29) is 23.7 Å². The molecule has 0 radical (unpaired) electrons. The standard InChI is InChI=1S/C11H22.C9H15NO.C8H14N2O.3CH4.H2/c1-8(2)10-5-6-11(7-10)9(3)4;1-6(2)8-5-9(7(3)4)11-10-8;1-5(2)7-9-10-8(11-7)6(3)4;;;;/h8-11H,5-7H2,1-4H3;5-7H,1-4H3;5-6H,1-4H3;3*1H4;1H/i;;;;;;1+1. The fourth-order valence-electron chi connectivity index (χ4n) is 3.82. The van der Waals surface area contributed by atoms with Crippen LogP contribution in [0, 0.1) is 23.7 Å². The lowest BCUT2D eigenvalue weighted by Gasteiger charge is -2.16. The number of hydrogen-bond donors (Lipinski definition) is 0. The van der Waals surface area contributed by atoms with Crippen molar-refractivity contribution in [1.29, 1.82) is 0 Å². The highest BCUT2D eigenvalue weighted by Gasteiger charge is 2.28. The van der Waals surface area contributed by atoms with E-state index >= 15 is 0 Å². The third-order valence-electron chi connectivity index (χ3n) is 6.55. The van der Waals surface area contributed by atoms with Crippen molar-refractivity contribution in [2.45, 2.75) is 148 Å². The van der Waals surface area contributed by atoms with Crippen LogP contribution in [0.2, 0.25) is 0 Å². The van der Waals surface area contributed by atoms with E-state index in [9.17, 15) is 0 Å². The molecule has 5 heteroatoms. The molecule has 1 aliphatic rings. The van der Waals surface area contributed by atoms with Gasteiger partial charge in [0, 0.05) is 25.2 Å². The molecule has 3 rings (SSSR count). The van der Waals surface area contributed by atoms with Gasteiger partial charge in [-0.3, -0.25) is 0 Å². The minimum atomic E-state index is 0. The molecule has 0 spiro atoms. The summed E-state index contributed by atoms with van der Waals surface area (Å²) in [6.07, 6.45) is 4.47. The molecular formula is C31H65N3O2. The highest BCUT2D eigenvalue weighted by atomic mass is 16.5. The molecule has 0 N–H and O–H groups in total. The zero-order chi connectivity index (χ0) is 25.3. The summed E-state index contributed by atoms with van der Waals surface area (Å²) in [6, 6.07) is 2.04. The summed E-state index contributed by atoms with van der Waals surface area (Å²) >= 11 is 0. The Bertz CT molecular complexity index is 670. The molecule has 1 saturated carbocycles. The van der Waals surface area contributed by atoms with Gasteiger partial charge in [-0.05, 0) is 48.9 Å². The number of rotatable bonds is 6. The van der Waals surface area contributed by atoms with Crippen LogP contribution in [0.5, 0.6) is 0 Å². The topological polar surface area (TPSA) is 65.0 Å². The number of hydrogen-bond acceptors (Lipinski definition) is 5. The van der Waals surface area contributed by atoms with Crippen LogP contribution < -0.4 is 0 Å². The van der Waals surface area contributed by atoms with Gasteiger partial charge < -0.3 is 8.94 Å². The van der Waals surface area contributed by atoms with E-state index in [1.807, 2.05) is 33.8 Å². The summed E-state index contributed by atoms with van der Waals surface area (Å²) in [4.78, 5) is 0. The van der Waals surface area contributed by atoms with Crippen LogP contribution in [0.25, 0.3) is 0 Å². The maximum absolute atomic E-state index is 5.38. The van der Waals surface area contributed by atoms with Crippen LogP contribution in [0.3, 0.4) is 0 Å². The first-order chi connectivity index (χ1) is 15.3. The molecule has 0 saturated heterocycles. The van der Waals surface area contributed by atoms with Crippen molar-refractivity contribution in [3.8, 4) is 0 Å². The van der Waals surface area contributed by atoms with E-state index in [0.717, 1.165) is 46.9 Å². The second-order valence-corrected chi connectivity index (χ2v) is 11.6. The van der Waals surface area contributed by atoms with Gasteiger partial charge in [-0.1, -0.05) is 111 Å². The highest BCUT2D eigenvalue weighted by Crippen LogP contribution is 2.39. The highest BCUT2D eigenvalue weighted by molar-refractivity contribution is 5.11. The molecule has 0 aliphatic heterocycles. The van der Waals surface area contributed by atoms with Gasteiger partial charge in [0.05, 0.1) is 5.69 Å². The molecule has 2 unspecified atom stereocenters. The first-order valence-electron chi connectivity index (χ1n) is 13.1. The minimum absolute atomic E-state index is 0. The lowest BCUT2D eigenvalue weighted by molar-refractivity contribution is 0.340. The van der Waals surface area contributed by atoms with Gasteiger partial charge in [0.1, 0.15) is 5.76 Å². The second-order valence-electron chi connectivity index (χ2n) is 11.6. The van der Waals surface area contributed by atoms with Crippen molar-refractivity contribution >= 4 is 0 Å². The second kappa shape index (κ2) is 18.6. The summed E-state index contributed by atoms with van der Waals surface area (Å²) in [5, 5.41) is 11.8. The molecule has 1 fully saturated rings. The molecule has 2 heterocycles. The molecule has 216 valence electrons. The number of nitrogens with zero attached hydrogens (tertiary/aromatic N) is 3. The fraction of sp³-hybridized carbons (Fsp3) is 0.839. The van der Waals surface area contributed by atoms with E-state index in [2.05, 4.69) is 70.7 Å². The lowest BCUT2D eigenvalue weighted by Crippen LogP contribution is -2.07. The van der Waals surface area contributed by atoms with Crippen molar-refractivity contribution in [2.75, 3.05) is 0 Å². The molecule has 2 atom stereocenters. The van der Waals surface area contributed by atoms with E-state index in [1.54, 1.807) is 0 Å². The smallest absolute Gasteiger partial charge is 0.219 e. The Labute approximate surface area is 227 Å². The van der Waals surface area contributed by atoms with E-state index in [1.165, 1.54) is 19.3 Å². The SMILES string of the molecule is C.C.C.CC(C)C1CCC(C(C)C)C1.CC(C)c1cc(C(C)C)on1.CC(C)c1nnc(C(C)C)o1.[2HH]. The third kappa shape index (κ3) is 13.1. The van der Waals surface area contributed by atoms with Crippen molar-refractivity contribution < 1.29 is 10.4 Å². The van der Waals surface area contributed by atoms with Crippen molar-refractivity contribution in [2.24, 2.45) is 23.7 Å². The van der Waals surface area contributed by atoms with E-state index in [0.29, 0.717) is 23.7 Å². The number of aromatic nitrogens is 3. The summed E-state index contributed by atoms with van der Waals surface area (Å²) in [7, 11) is 0. The van der Waals surface area contributed by atoms with Crippen molar-refractivity contribution in [3.63, 3.8) is 0 Å². The molecule has 0 aromatic carbocycles. The maximum atomic E-state index is 5.38. The zero-order valence-corrected chi connectivity index (χ0v) is 23.5. The summed E-state index contributed by atoms with van der Waals surface area (Å²) in [5.74, 6) is 7.89. The average Bonchev–Trinajstić information content (AvgIpc) is 3.49. The first-order valence-corrected chi connectivity index (χ1v) is 13.1. The Morgan fingerprint density at radius 2 is 1.08 bits per heavy atom. The van der Waals surface area contributed by atoms with E-state index in [4.69, 9.17) is 8.94 Å². The van der Waals surface area contributed by atoms with Gasteiger partial charge in [0.25, 0.3) is 0 Å². The molecule has 2 aromatic heterocycles. The van der Waals surface area contributed by atoms with Crippen LogP contribution in [-0.2, 0) is 0 Å². The van der Waals surface area contributed by atoms with E-state index < -0.39 is 0 Å². The van der Waals surface area contributed by atoms with Crippen LogP contribution >= 0.6 is 0 Å². The Morgan fingerprint density at radius 3 is 1.28 bits per heavy atom. The van der Waals surface area contributed by atoms with Gasteiger partial charge in [-0.15, -0.1) is 10.2 Å². The quantitative estimate of drug-likeness (QED) is 0.385. The van der Waals surface area contributed by atoms with Gasteiger partial charge in [0.2, 0.25) is 11.8 Å². The molecule has 1 aliphatic carbocycles. The van der Waals surface area contributed by atoms with Crippen molar-refractivity contribution in [3.05, 3.63) is 29.3 Å². The van der Waals surface area contributed by atoms with Gasteiger partial charge in [-0.2, -0.15) is 0 Å². The maximum Gasteiger partial charge on any atom is 0.219 e. The van der Waals surface area contributed by atoms with Crippen LogP contribution in [-0.4, -0.2) is 15.4 Å². The molecule has 36 heavy (non-hydrogen) atoms. The largest absolute Gasteiger partial charge is 0.425 e. The van der Waals surface area contributed by atoms with Gasteiger partial charge in [-0.25, -0.2) is 0 Å². The third-order valence-corrected chi connectivity index (χ3v) is 6.55. The van der Waals surface area contributed by atoms with Gasteiger partial charge >= 0.3 is 0 Å². The normalized spacial score (nSPS) is 16.8. The van der Waals surface area contributed by atoms with Crippen molar-refractivity contribution in [1.82, 2.24) is 15.4 Å². The minimum Gasteiger partial charge on any atom is -0.425 e. The Hall–Kier alpha value is -1.65. The Morgan fingerprint density at radius 1 is 0.667 bits per heavy atom. The zero-order valence-electron chi connectivity index (χ0n) is 23.5. The summed E-state index contributed by atoms with van der Waals surface area (Å²) in [5.41, 5.74) is 1.05. The Balaban J connectivity index is -0.000000209. The summed E-state index contributed by atoms with van der Waals surface area (Å²) < 4.78 is 10.5. The Kier molecular flexibility index (Phi) is 20.1. The predicted molar refractivity (Wildman–Crippen MR) is 160 cm³/mol. The van der Waals surface area contributed by atoms with Crippen LogP contribution in [0.4, 0.5) is 0 Å².